The van der Waals surface area contributed by atoms with Crippen molar-refractivity contribution in [1.82, 2.24) is 14.9 Å². The highest BCUT2D eigenvalue weighted by atomic mass is 32.2. The number of nitrogens with zero attached hydrogens (tertiary/aromatic N) is 2. The molecule has 1 aromatic heterocycles. The molecule has 3 rings (SSSR count). The molecule has 1 amide bonds. The van der Waals surface area contributed by atoms with E-state index in [0.29, 0.717) is 17.7 Å². The molecule has 1 unspecified atom stereocenters. The lowest BCUT2D eigenvalue weighted by molar-refractivity contribution is 0.102. The Bertz CT molecular complexity index is 1170. The summed E-state index contributed by atoms with van der Waals surface area (Å²) in [6.45, 7) is 5.93. The molecule has 1 heterocycles. The number of hydrogen-bond acceptors (Lipinski definition) is 7. The highest BCUT2D eigenvalue weighted by molar-refractivity contribution is 7.91. The van der Waals surface area contributed by atoms with Gasteiger partial charge in [-0.05, 0) is 49.1 Å². The normalized spacial score (nSPS) is 12.5. The number of aromatic nitrogens is 2. The van der Waals surface area contributed by atoms with Gasteiger partial charge in [-0.2, -0.15) is 0 Å². The van der Waals surface area contributed by atoms with Gasteiger partial charge in [-0.1, -0.05) is 55.0 Å². The second-order valence-electron chi connectivity index (χ2n) is 7.77. The highest BCUT2D eigenvalue weighted by Gasteiger charge is 2.26. The van der Waals surface area contributed by atoms with Gasteiger partial charge in [0.1, 0.15) is 5.75 Å². The largest absolute Gasteiger partial charge is 0.497 e. The molecule has 0 aliphatic carbocycles. The predicted molar refractivity (Wildman–Crippen MR) is 125 cm³/mol. The lowest BCUT2D eigenvalue weighted by atomic mass is 9.98. The first-order valence-corrected chi connectivity index (χ1v) is 12.4. The molecule has 10 heteroatoms. The van der Waals surface area contributed by atoms with Crippen LogP contribution in [0.5, 0.6) is 5.75 Å². The van der Waals surface area contributed by atoms with Crippen LogP contribution < -0.4 is 14.8 Å². The van der Waals surface area contributed by atoms with Gasteiger partial charge in [0.05, 0.1) is 7.11 Å². The number of aryl methyl sites for hydroxylation is 1. The first kappa shape index (κ1) is 23.8. The molecule has 0 spiro atoms. The standard InChI is InChI=1S/C22H26N4O4S2/c1-14(2)12-19(16-8-10-18(30-4)11-9-16)26-32(28,29)22-25-24-21(31-22)23-20(27)17-7-5-6-15(3)13-17/h5-11,13-14,19,26H,12H2,1-4H3,(H,23,24,27). The summed E-state index contributed by atoms with van der Waals surface area (Å²) in [6.07, 6.45) is 0.599. The summed E-state index contributed by atoms with van der Waals surface area (Å²) in [5.41, 5.74) is 2.22. The van der Waals surface area contributed by atoms with E-state index in [2.05, 4.69) is 20.2 Å². The highest BCUT2D eigenvalue weighted by Crippen LogP contribution is 2.27. The Kier molecular flexibility index (Phi) is 7.60. The maximum atomic E-state index is 13.0. The van der Waals surface area contributed by atoms with E-state index in [4.69, 9.17) is 4.74 Å². The van der Waals surface area contributed by atoms with Gasteiger partial charge in [-0.25, -0.2) is 13.1 Å². The minimum Gasteiger partial charge on any atom is -0.497 e. The molecular formula is C22H26N4O4S2. The van der Waals surface area contributed by atoms with Crippen molar-refractivity contribution in [2.75, 3.05) is 12.4 Å². The fourth-order valence-corrected chi connectivity index (χ4v) is 5.27. The van der Waals surface area contributed by atoms with Crippen molar-refractivity contribution in [2.24, 2.45) is 5.92 Å². The van der Waals surface area contributed by atoms with Gasteiger partial charge in [-0.15, -0.1) is 10.2 Å². The zero-order chi connectivity index (χ0) is 23.3. The summed E-state index contributed by atoms with van der Waals surface area (Å²) in [5.74, 6) is 0.569. The van der Waals surface area contributed by atoms with Gasteiger partial charge >= 0.3 is 0 Å². The third-order valence-electron chi connectivity index (χ3n) is 4.66. The molecule has 0 bridgehead atoms. The van der Waals surface area contributed by atoms with Crippen LogP contribution in [0.25, 0.3) is 0 Å². The molecule has 1 atom stereocenters. The number of amides is 1. The van der Waals surface area contributed by atoms with Crippen LogP contribution in [-0.4, -0.2) is 31.6 Å². The Balaban J connectivity index is 1.77. The first-order chi connectivity index (χ1) is 15.2. The van der Waals surface area contributed by atoms with Crippen LogP contribution in [-0.2, 0) is 10.0 Å². The molecule has 0 fully saturated rings. The summed E-state index contributed by atoms with van der Waals surface area (Å²) < 4.78 is 33.7. The van der Waals surface area contributed by atoms with E-state index in [1.807, 2.05) is 39.0 Å². The van der Waals surface area contributed by atoms with Crippen LogP contribution in [0.3, 0.4) is 0 Å². The van der Waals surface area contributed by atoms with Crippen molar-refractivity contribution in [1.29, 1.82) is 0 Å². The van der Waals surface area contributed by atoms with Crippen molar-refractivity contribution >= 4 is 32.4 Å². The second kappa shape index (κ2) is 10.2. The molecular weight excluding hydrogens is 448 g/mol. The number of ether oxygens (including phenoxy) is 1. The van der Waals surface area contributed by atoms with Gasteiger partial charge in [0.15, 0.2) is 0 Å². The minimum atomic E-state index is -3.94. The van der Waals surface area contributed by atoms with Crippen LogP contribution in [0.2, 0.25) is 0 Å². The molecule has 2 N–H and O–H groups in total. The smallest absolute Gasteiger partial charge is 0.270 e. The fourth-order valence-electron chi connectivity index (χ4n) is 3.12. The van der Waals surface area contributed by atoms with Gasteiger partial charge in [-0.3, -0.25) is 10.1 Å². The van der Waals surface area contributed by atoms with Gasteiger partial charge < -0.3 is 4.74 Å². The zero-order valence-corrected chi connectivity index (χ0v) is 20.0. The Labute approximate surface area is 192 Å². The molecule has 8 nitrogen and oxygen atoms in total. The molecule has 170 valence electrons. The van der Waals surface area contributed by atoms with E-state index in [9.17, 15) is 13.2 Å². The molecule has 0 aliphatic rings. The summed E-state index contributed by atoms with van der Waals surface area (Å²) in [5, 5.41) is 10.3. The van der Waals surface area contributed by atoms with Crippen molar-refractivity contribution in [3.05, 3.63) is 65.2 Å². The van der Waals surface area contributed by atoms with Gasteiger partial charge in [0, 0.05) is 11.6 Å². The third-order valence-corrected chi connectivity index (χ3v) is 7.34. The number of carbonyl (C=O) groups excluding carboxylic acids is 1. The number of carbonyl (C=O) groups is 1. The van der Waals surface area contributed by atoms with Crippen molar-refractivity contribution < 1.29 is 17.9 Å². The van der Waals surface area contributed by atoms with E-state index in [0.717, 1.165) is 22.5 Å². The van der Waals surface area contributed by atoms with Gasteiger partial charge in [0.2, 0.25) is 9.47 Å². The lowest BCUT2D eigenvalue weighted by Gasteiger charge is -2.20. The SMILES string of the molecule is COc1ccc(C(CC(C)C)NS(=O)(=O)c2nnc(NC(=O)c3cccc(C)c3)s2)cc1. The number of benzene rings is 2. The quantitative estimate of drug-likeness (QED) is 0.450. The average molecular weight is 475 g/mol. The zero-order valence-electron chi connectivity index (χ0n) is 18.3. The number of nitrogens with one attached hydrogen (secondary N) is 2. The molecule has 0 saturated heterocycles. The Morgan fingerprint density at radius 2 is 1.84 bits per heavy atom. The Morgan fingerprint density at radius 3 is 2.47 bits per heavy atom. The number of rotatable bonds is 9. The minimum absolute atomic E-state index is 0.113. The lowest BCUT2D eigenvalue weighted by Crippen LogP contribution is -2.29. The predicted octanol–water partition coefficient (Wildman–Crippen LogP) is 4.17. The molecule has 3 aromatic rings. The number of anilines is 1. The molecule has 0 aliphatic heterocycles. The van der Waals surface area contributed by atoms with E-state index < -0.39 is 16.1 Å². The van der Waals surface area contributed by atoms with E-state index >= 15 is 0 Å². The third kappa shape index (κ3) is 6.12. The van der Waals surface area contributed by atoms with Crippen LogP contribution in [0, 0.1) is 12.8 Å². The fraction of sp³-hybridized carbons (Fsp3) is 0.318. The van der Waals surface area contributed by atoms with Gasteiger partial charge in [0.25, 0.3) is 15.9 Å². The molecule has 2 aromatic carbocycles. The Morgan fingerprint density at radius 1 is 1.12 bits per heavy atom. The van der Waals surface area contributed by atoms with Crippen molar-refractivity contribution in [2.45, 2.75) is 37.6 Å². The van der Waals surface area contributed by atoms with Crippen LogP contribution in [0.1, 0.15) is 47.8 Å². The average Bonchev–Trinajstić information content (AvgIpc) is 3.22. The van der Waals surface area contributed by atoms with Crippen molar-refractivity contribution in [3.8, 4) is 5.75 Å². The van der Waals surface area contributed by atoms with E-state index in [1.165, 1.54) is 0 Å². The molecule has 0 radical (unpaired) electrons. The number of methoxy groups -OCH3 is 1. The maximum absolute atomic E-state index is 13.0. The monoisotopic (exact) mass is 474 g/mol. The van der Waals surface area contributed by atoms with Crippen molar-refractivity contribution in [3.63, 3.8) is 0 Å². The summed E-state index contributed by atoms with van der Waals surface area (Å²) in [6, 6.07) is 13.9. The first-order valence-electron chi connectivity index (χ1n) is 10.1. The van der Waals surface area contributed by atoms with Crippen LogP contribution >= 0.6 is 11.3 Å². The van der Waals surface area contributed by atoms with E-state index in [-0.39, 0.29) is 21.3 Å². The second-order valence-corrected chi connectivity index (χ2v) is 10.6. The summed E-state index contributed by atoms with van der Waals surface area (Å²) >= 11 is 0.805. The Hall–Kier alpha value is -2.82. The van der Waals surface area contributed by atoms with Crippen LogP contribution in [0.4, 0.5) is 5.13 Å². The summed E-state index contributed by atoms with van der Waals surface area (Å²) in [7, 11) is -2.37. The summed E-state index contributed by atoms with van der Waals surface area (Å²) in [4.78, 5) is 12.4. The van der Waals surface area contributed by atoms with Crippen LogP contribution in [0.15, 0.2) is 52.9 Å². The molecule has 0 saturated carbocycles. The number of sulfonamides is 1. The maximum Gasteiger partial charge on any atom is 0.270 e. The number of hydrogen-bond donors (Lipinski definition) is 2. The van der Waals surface area contributed by atoms with E-state index in [1.54, 1.807) is 37.4 Å². The topological polar surface area (TPSA) is 110 Å². The molecule has 32 heavy (non-hydrogen) atoms.